The maximum atomic E-state index is 8.92. The summed E-state index contributed by atoms with van der Waals surface area (Å²) < 4.78 is 0. The van der Waals surface area contributed by atoms with Gasteiger partial charge in [-0.3, -0.25) is 0 Å². The summed E-state index contributed by atoms with van der Waals surface area (Å²) in [6.07, 6.45) is -0.256. The van der Waals surface area contributed by atoms with Gasteiger partial charge in [0.15, 0.2) is 0 Å². The monoisotopic (exact) mass is 171 g/mol. The van der Waals surface area contributed by atoms with Crippen LogP contribution in [-0.2, 0) is 6.54 Å². The summed E-state index contributed by atoms with van der Waals surface area (Å²) in [5.41, 5.74) is 1.29. The van der Waals surface area contributed by atoms with Crippen LogP contribution in [0, 0.1) is 0 Å². The minimum absolute atomic E-state index is 0.256. The molecule has 1 aromatic heterocycles. The van der Waals surface area contributed by atoms with E-state index >= 15 is 0 Å². The topological polar surface area (TPSA) is 32.3 Å². The first-order valence-electron chi connectivity index (χ1n) is 3.69. The fourth-order valence-electron chi connectivity index (χ4n) is 0.819. The Morgan fingerprint density at radius 3 is 3.09 bits per heavy atom. The second kappa shape index (κ2) is 4.49. The van der Waals surface area contributed by atoms with Gasteiger partial charge < -0.3 is 10.4 Å². The molecular formula is C8H13NOS. The van der Waals surface area contributed by atoms with Crippen LogP contribution in [0.4, 0.5) is 0 Å². The highest BCUT2D eigenvalue weighted by Gasteiger charge is 1.94. The van der Waals surface area contributed by atoms with Gasteiger partial charge in [-0.05, 0) is 29.3 Å². The van der Waals surface area contributed by atoms with E-state index in [0.717, 1.165) is 6.54 Å². The zero-order valence-electron chi connectivity index (χ0n) is 6.58. The first kappa shape index (κ1) is 8.71. The number of hydrogen-bond acceptors (Lipinski definition) is 3. The van der Waals surface area contributed by atoms with Crippen LogP contribution in [0.3, 0.4) is 0 Å². The first-order valence-corrected chi connectivity index (χ1v) is 4.63. The van der Waals surface area contributed by atoms with E-state index in [1.165, 1.54) is 5.56 Å². The van der Waals surface area contributed by atoms with Crippen LogP contribution in [0.2, 0.25) is 0 Å². The summed E-state index contributed by atoms with van der Waals surface area (Å²) in [6, 6.07) is 2.08. The van der Waals surface area contributed by atoms with Crippen molar-refractivity contribution in [1.82, 2.24) is 5.32 Å². The van der Waals surface area contributed by atoms with E-state index in [2.05, 4.69) is 22.1 Å². The van der Waals surface area contributed by atoms with E-state index in [1.54, 1.807) is 18.3 Å². The lowest BCUT2D eigenvalue weighted by atomic mass is 10.3. The molecule has 0 amide bonds. The summed E-state index contributed by atoms with van der Waals surface area (Å²) >= 11 is 1.70. The molecule has 2 N–H and O–H groups in total. The third-order valence-electron chi connectivity index (χ3n) is 1.35. The van der Waals surface area contributed by atoms with Crippen LogP contribution >= 0.6 is 11.3 Å². The van der Waals surface area contributed by atoms with Gasteiger partial charge in [0.1, 0.15) is 0 Å². The Morgan fingerprint density at radius 2 is 2.55 bits per heavy atom. The van der Waals surface area contributed by atoms with Gasteiger partial charge in [-0.2, -0.15) is 11.3 Å². The molecule has 0 saturated heterocycles. The van der Waals surface area contributed by atoms with Crippen molar-refractivity contribution in [3.05, 3.63) is 22.4 Å². The third-order valence-corrected chi connectivity index (χ3v) is 2.08. The molecule has 0 spiro atoms. The van der Waals surface area contributed by atoms with E-state index in [-0.39, 0.29) is 6.10 Å². The smallest absolute Gasteiger partial charge is 0.0636 e. The molecule has 0 unspecified atom stereocenters. The fourth-order valence-corrected chi connectivity index (χ4v) is 1.49. The Labute approximate surface area is 70.9 Å². The Morgan fingerprint density at radius 1 is 1.73 bits per heavy atom. The molecule has 1 heterocycles. The summed E-state index contributed by atoms with van der Waals surface area (Å²) in [7, 11) is 0. The lowest BCUT2D eigenvalue weighted by Gasteiger charge is -2.04. The maximum absolute atomic E-state index is 8.92. The number of rotatable bonds is 4. The van der Waals surface area contributed by atoms with Crippen LogP contribution < -0.4 is 5.32 Å². The SMILES string of the molecule is C[C@H](O)CNCc1ccsc1. The van der Waals surface area contributed by atoms with Crippen molar-refractivity contribution in [3.8, 4) is 0 Å². The predicted molar refractivity (Wildman–Crippen MR) is 47.7 cm³/mol. The van der Waals surface area contributed by atoms with E-state index in [9.17, 15) is 0 Å². The first-order chi connectivity index (χ1) is 5.29. The molecule has 0 fully saturated rings. The summed E-state index contributed by atoms with van der Waals surface area (Å²) in [6.45, 7) is 3.30. The van der Waals surface area contributed by atoms with Crippen molar-refractivity contribution in [2.75, 3.05) is 6.54 Å². The molecule has 62 valence electrons. The molecule has 1 aromatic rings. The average Bonchev–Trinajstić information content (AvgIpc) is 2.39. The quantitative estimate of drug-likeness (QED) is 0.714. The molecule has 0 bridgehead atoms. The maximum Gasteiger partial charge on any atom is 0.0636 e. The van der Waals surface area contributed by atoms with Gasteiger partial charge in [0.25, 0.3) is 0 Å². The van der Waals surface area contributed by atoms with Crippen LogP contribution in [-0.4, -0.2) is 17.8 Å². The Kier molecular flexibility index (Phi) is 3.56. The minimum Gasteiger partial charge on any atom is -0.392 e. The molecule has 0 aromatic carbocycles. The van der Waals surface area contributed by atoms with Gasteiger partial charge in [0.05, 0.1) is 6.10 Å². The largest absolute Gasteiger partial charge is 0.392 e. The fraction of sp³-hybridized carbons (Fsp3) is 0.500. The molecule has 2 nitrogen and oxygen atoms in total. The van der Waals surface area contributed by atoms with Crippen molar-refractivity contribution in [3.63, 3.8) is 0 Å². The highest BCUT2D eigenvalue weighted by atomic mass is 32.1. The highest BCUT2D eigenvalue weighted by Crippen LogP contribution is 2.04. The second-order valence-electron chi connectivity index (χ2n) is 2.61. The Balaban J connectivity index is 2.14. The van der Waals surface area contributed by atoms with Gasteiger partial charge >= 0.3 is 0 Å². The number of thiophene rings is 1. The average molecular weight is 171 g/mol. The third kappa shape index (κ3) is 3.51. The van der Waals surface area contributed by atoms with Gasteiger partial charge in [0.2, 0.25) is 0 Å². The van der Waals surface area contributed by atoms with E-state index in [0.29, 0.717) is 6.54 Å². The van der Waals surface area contributed by atoms with Crippen LogP contribution in [0.1, 0.15) is 12.5 Å². The summed E-state index contributed by atoms with van der Waals surface area (Å²) in [5, 5.41) is 16.2. The molecular weight excluding hydrogens is 158 g/mol. The standard InChI is InChI=1S/C8H13NOS/c1-7(10)4-9-5-8-2-3-11-6-8/h2-3,6-7,9-10H,4-5H2,1H3/t7-/m0/s1. The van der Waals surface area contributed by atoms with Crippen molar-refractivity contribution in [2.24, 2.45) is 0 Å². The van der Waals surface area contributed by atoms with Crippen LogP contribution in [0.25, 0.3) is 0 Å². The zero-order chi connectivity index (χ0) is 8.10. The van der Waals surface area contributed by atoms with Crippen LogP contribution in [0.5, 0.6) is 0 Å². The van der Waals surface area contributed by atoms with Gasteiger partial charge in [0, 0.05) is 13.1 Å². The zero-order valence-corrected chi connectivity index (χ0v) is 7.40. The van der Waals surface area contributed by atoms with E-state index < -0.39 is 0 Å². The molecule has 3 heteroatoms. The van der Waals surface area contributed by atoms with Crippen molar-refractivity contribution in [1.29, 1.82) is 0 Å². The molecule has 1 rings (SSSR count). The number of aliphatic hydroxyl groups is 1. The molecule has 1 atom stereocenters. The molecule has 0 radical (unpaired) electrons. The summed E-state index contributed by atoms with van der Waals surface area (Å²) in [4.78, 5) is 0. The van der Waals surface area contributed by atoms with Crippen LogP contribution in [0.15, 0.2) is 16.8 Å². The Hall–Kier alpha value is -0.380. The summed E-state index contributed by atoms with van der Waals surface area (Å²) in [5.74, 6) is 0. The number of nitrogens with one attached hydrogen (secondary N) is 1. The van der Waals surface area contributed by atoms with Gasteiger partial charge in [-0.25, -0.2) is 0 Å². The number of aliphatic hydroxyl groups excluding tert-OH is 1. The highest BCUT2D eigenvalue weighted by molar-refractivity contribution is 7.07. The number of hydrogen-bond donors (Lipinski definition) is 2. The normalized spacial score (nSPS) is 13.3. The minimum atomic E-state index is -0.256. The molecule has 0 aliphatic carbocycles. The lowest BCUT2D eigenvalue weighted by molar-refractivity contribution is 0.191. The predicted octanol–water partition coefficient (Wildman–Crippen LogP) is 1.22. The molecule has 0 aliphatic rings. The van der Waals surface area contributed by atoms with Gasteiger partial charge in [-0.15, -0.1) is 0 Å². The lowest BCUT2D eigenvalue weighted by Crippen LogP contribution is -2.23. The second-order valence-corrected chi connectivity index (χ2v) is 3.39. The Bertz CT molecular complexity index is 184. The molecule has 0 aliphatic heterocycles. The van der Waals surface area contributed by atoms with Crippen molar-refractivity contribution >= 4 is 11.3 Å². The van der Waals surface area contributed by atoms with Gasteiger partial charge in [-0.1, -0.05) is 0 Å². The van der Waals surface area contributed by atoms with E-state index in [1.807, 2.05) is 0 Å². The van der Waals surface area contributed by atoms with E-state index in [4.69, 9.17) is 5.11 Å². The van der Waals surface area contributed by atoms with Crippen molar-refractivity contribution < 1.29 is 5.11 Å². The molecule has 11 heavy (non-hydrogen) atoms. The van der Waals surface area contributed by atoms with Crippen molar-refractivity contribution in [2.45, 2.75) is 19.6 Å². The molecule has 0 saturated carbocycles.